The summed E-state index contributed by atoms with van der Waals surface area (Å²) in [7, 11) is 1.60. The number of rotatable bonds is 11. The highest BCUT2D eigenvalue weighted by Crippen LogP contribution is 2.18. The van der Waals surface area contributed by atoms with Crippen molar-refractivity contribution in [1.29, 1.82) is 0 Å². The molecule has 0 aliphatic rings. The van der Waals surface area contributed by atoms with Gasteiger partial charge >= 0.3 is 0 Å². The lowest BCUT2D eigenvalue weighted by molar-refractivity contribution is -0.117. The van der Waals surface area contributed by atoms with Crippen molar-refractivity contribution in [2.45, 2.75) is 39.7 Å². The Hall–Kier alpha value is -3.68. The van der Waals surface area contributed by atoms with Crippen LogP contribution in [-0.4, -0.2) is 35.6 Å². The van der Waals surface area contributed by atoms with E-state index in [2.05, 4.69) is 39.8 Å². The van der Waals surface area contributed by atoms with Gasteiger partial charge in [0, 0.05) is 24.0 Å². The first kappa shape index (κ1) is 25.0. The van der Waals surface area contributed by atoms with Gasteiger partial charge in [0.25, 0.3) is 0 Å². The zero-order valence-corrected chi connectivity index (χ0v) is 20.1. The molecule has 0 radical (unpaired) electrons. The number of amides is 1. The smallest absolute Gasteiger partial charge is 0.246 e. The second-order valence-electron chi connectivity index (χ2n) is 8.57. The van der Waals surface area contributed by atoms with Crippen molar-refractivity contribution < 1.29 is 13.9 Å². The number of methoxy groups -OCH3 is 1. The molecule has 7 nitrogen and oxygen atoms in total. The van der Waals surface area contributed by atoms with E-state index in [1.54, 1.807) is 43.5 Å². The minimum Gasteiger partial charge on any atom is -0.497 e. The summed E-state index contributed by atoms with van der Waals surface area (Å²) in [5.41, 5.74) is 2.50. The average molecular weight is 466 g/mol. The van der Waals surface area contributed by atoms with E-state index >= 15 is 0 Å². The molecule has 0 saturated heterocycles. The lowest BCUT2D eigenvalue weighted by Crippen LogP contribution is -2.36. The fourth-order valence-corrected chi connectivity index (χ4v) is 3.48. The first-order valence-corrected chi connectivity index (χ1v) is 11.4. The fraction of sp³-hybridized carbons (Fsp3) is 0.346. The summed E-state index contributed by atoms with van der Waals surface area (Å²) in [6.07, 6.45) is 1.35. The van der Waals surface area contributed by atoms with E-state index in [9.17, 15) is 9.18 Å². The molecule has 1 atom stereocenters. The minimum atomic E-state index is -0.469. The zero-order valence-electron chi connectivity index (χ0n) is 20.1. The number of hydrogen-bond donors (Lipinski definition) is 3. The molecule has 1 aromatic heterocycles. The number of aromatic nitrogens is 2. The molecule has 2 aromatic carbocycles. The average Bonchev–Trinajstić information content (AvgIpc) is 2.80. The Labute approximate surface area is 200 Å². The van der Waals surface area contributed by atoms with Crippen LogP contribution in [0.5, 0.6) is 5.75 Å². The first-order valence-electron chi connectivity index (χ1n) is 11.4. The van der Waals surface area contributed by atoms with E-state index < -0.39 is 6.04 Å². The lowest BCUT2D eigenvalue weighted by atomic mass is 10.0. The number of halogens is 1. The molecule has 0 aliphatic carbocycles. The molecule has 0 fully saturated rings. The van der Waals surface area contributed by atoms with Gasteiger partial charge in [-0.1, -0.05) is 26.0 Å². The molecule has 0 saturated carbocycles. The molecule has 0 aliphatic heterocycles. The van der Waals surface area contributed by atoms with E-state index in [-0.39, 0.29) is 11.7 Å². The highest BCUT2D eigenvalue weighted by Gasteiger charge is 2.21. The number of benzene rings is 2. The van der Waals surface area contributed by atoms with Crippen LogP contribution in [0.3, 0.4) is 0 Å². The minimum absolute atomic E-state index is 0.138. The van der Waals surface area contributed by atoms with Gasteiger partial charge in [0.2, 0.25) is 11.9 Å². The lowest BCUT2D eigenvalue weighted by Gasteiger charge is -2.21. The summed E-state index contributed by atoms with van der Waals surface area (Å²) in [4.78, 5) is 22.0. The predicted octanol–water partition coefficient (Wildman–Crippen LogP) is 5.05. The van der Waals surface area contributed by atoms with Crippen molar-refractivity contribution in [2.24, 2.45) is 5.92 Å². The number of carbonyl (C=O) groups excluding carboxylic acids is 1. The first-order chi connectivity index (χ1) is 16.3. The van der Waals surface area contributed by atoms with Gasteiger partial charge in [0.15, 0.2) is 0 Å². The number of aryl methyl sites for hydroxylation is 1. The van der Waals surface area contributed by atoms with Gasteiger partial charge in [0.1, 0.15) is 23.4 Å². The maximum Gasteiger partial charge on any atom is 0.246 e. The summed E-state index contributed by atoms with van der Waals surface area (Å²) in [5, 5.41) is 9.46. The second-order valence-corrected chi connectivity index (χ2v) is 8.57. The maximum absolute atomic E-state index is 13.1. The summed E-state index contributed by atoms with van der Waals surface area (Å²) in [6, 6.07) is 15.0. The third kappa shape index (κ3) is 7.72. The molecule has 1 heterocycles. The Balaban J connectivity index is 1.65. The van der Waals surface area contributed by atoms with Gasteiger partial charge in [-0.3, -0.25) is 4.79 Å². The molecular formula is C26H32FN5O2. The molecule has 180 valence electrons. The standard InChI is InChI=1S/C26H32FN5O2/c1-17(2)15-23(25(33)30-21-9-11-22(34-4)12-10-21)31-24-16-18(3)29-26(32-24)28-14-13-19-5-7-20(27)8-6-19/h5-12,16-17,23H,13-15H2,1-4H3,(H,30,33)(H2,28,29,31,32)/t23-/m0/s1. The third-order valence-corrected chi connectivity index (χ3v) is 5.17. The van der Waals surface area contributed by atoms with Crippen molar-refractivity contribution in [3.8, 4) is 5.75 Å². The monoisotopic (exact) mass is 465 g/mol. The van der Waals surface area contributed by atoms with Gasteiger partial charge in [-0.05, 0) is 67.6 Å². The third-order valence-electron chi connectivity index (χ3n) is 5.17. The summed E-state index contributed by atoms with van der Waals surface area (Å²) in [5.74, 6) is 1.69. The number of nitrogens with zero attached hydrogens (tertiary/aromatic N) is 2. The van der Waals surface area contributed by atoms with Crippen LogP contribution in [0.15, 0.2) is 54.6 Å². The van der Waals surface area contributed by atoms with Crippen molar-refractivity contribution in [1.82, 2.24) is 9.97 Å². The number of nitrogens with one attached hydrogen (secondary N) is 3. The molecule has 0 bridgehead atoms. The van der Waals surface area contributed by atoms with Crippen LogP contribution in [0.2, 0.25) is 0 Å². The summed E-state index contributed by atoms with van der Waals surface area (Å²) in [6.45, 7) is 6.63. The number of carbonyl (C=O) groups is 1. The van der Waals surface area contributed by atoms with Gasteiger partial charge in [-0.15, -0.1) is 0 Å². The molecule has 0 unspecified atom stereocenters. The Morgan fingerprint density at radius 1 is 1.06 bits per heavy atom. The van der Waals surface area contributed by atoms with Crippen LogP contribution < -0.4 is 20.7 Å². The van der Waals surface area contributed by atoms with E-state index in [4.69, 9.17) is 4.74 Å². The van der Waals surface area contributed by atoms with Crippen molar-refractivity contribution in [3.63, 3.8) is 0 Å². The molecule has 0 spiro atoms. The van der Waals surface area contributed by atoms with E-state index in [0.29, 0.717) is 42.8 Å². The maximum atomic E-state index is 13.1. The van der Waals surface area contributed by atoms with Gasteiger partial charge in [0.05, 0.1) is 7.11 Å². The Morgan fingerprint density at radius 3 is 2.41 bits per heavy atom. The van der Waals surface area contributed by atoms with Crippen LogP contribution in [0, 0.1) is 18.7 Å². The molecule has 1 amide bonds. The molecule has 8 heteroatoms. The van der Waals surface area contributed by atoms with Crippen LogP contribution in [0.25, 0.3) is 0 Å². The molecule has 34 heavy (non-hydrogen) atoms. The summed E-state index contributed by atoms with van der Waals surface area (Å²) >= 11 is 0. The normalized spacial score (nSPS) is 11.7. The number of hydrogen-bond acceptors (Lipinski definition) is 6. The number of anilines is 3. The Kier molecular flexibility index (Phi) is 8.79. The predicted molar refractivity (Wildman–Crippen MR) is 134 cm³/mol. The van der Waals surface area contributed by atoms with Gasteiger partial charge in [-0.25, -0.2) is 9.37 Å². The number of ether oxygens (including phenoxy) is 1. The largest absolute Gasteiger partial charge is 0.497 e. The van der Waals surface area contributed by atoms with E-state index in [0.717, 1.165) is 17.0 Å². The topological polar surface area (TPSA) is 88.2 Å². The Bertz CT molecular complexity index is 1070. The fourth-order valence-electron chi connectivity index (χ4n) is 3.48. The highest BCUT2D eigenvalue weighted by molar-refractivity contribution is 5.96. The van der Waals surface area contributed by atoms with Crippen molar-refractivity contribution >= 4 is 23.4 Å². The van der Waals surface area contributed by atoms with Crippen molar-refractivity contribution in [2.75, 3.05) is 29.6 Å². The van der Waals surface area contributed by atoms with Crippen LogP contribution in [0.4, 0.5) is 21.8 Å². The Morgan fingerprint density at radius 2 is 1.76 bits per heavy atom. The van der Waals surface area contributed by atoms with Crippen molar-refractivity contribution in [3.05, 3.63) is 71.7 Å². The molecular weight excluding hydrogens is 433 g/mol. The van der Waals surface area contributed by atoms with Crippen LogP contribution in [-0.2, 0) is 11.2 Å². The zero-order chi connectivity index (χ0) is 24.5. The second kappa shape index (κ2) is 12.0. The van der Waals surface area contributed by atoms with E-state index in [1.165, 1.54) is 12.1 Å². The van der Waals surface area contributed by atoms with Crippen LogP contribution >= 0.6 is 0 Å². The molecule has 3 rings (SSSR count). The summed E-state index contributed by atoms with van der Waals surface area (Å²) < 4.78 is 18.3. The molecule has 3 aromatic rings. The highest BCUT2D eigenvalue weighted by atomic mass is 19.1. The van der Waals surface area contributed by atoms with Gasteiger partial charge in [-0.2, -0.15) is 4.98 Å². The van der Waals surface area contributed by atoms with Crippen LogP contribution in [0.1, 0.15) is 31.5 Å². The van der Waals surface area contributed by atoms with E-state index in [1.807, 2.05) is 13.0 Å². The SMILES string of the molecule is COc1ccc(NC(=O)[C@H](CC(C)C)Nc2cc(C)nc(NCCc3ccc(F)cc3)n2)cc1. The quantitative estimate of drug-likeness (QED) is 0.367. The van der Waals surface area contributed by atoms with Gasteiger partial charge < -0.3 is 20.7 Å². The molecule has 3 N–H and O–H groups in total.